The van der Waals surface area contributed by atoms with E-state index in [1.165, 1.54) is 13.2 Å². The van der Waals surface area contributed by atoms with Crippen LogP contribution in [0.3, 0.4) is 0 Å². The lowest BCUT2D eigenvalue weighted by Crippen LogP contribution is -2.24. The Morgan fingerprint density at radius 1 is 1.17 bits per heavy atom. The highest BCUT2D eigenvalue weighted by Crippen LogP contribution is 2.37. The third-order valence-electron chi connectivity index (χ3n) is 5.36. The van der Waals surface area contributed by atoms with E-state index < -0.39 is 17.6 Å². The summed E-state index contributed by atoms with van der Waals surface area (Å²) in [6.45, 7) is 0.663. The molecule has 4 aromatic rings. The first-order valence-corrected chi connectivity index (χ1v) is 9.51. The zero-order valence-electron chi connectivity index (χ0n) is 16.0. The molecule has 0 aliphatic carbocycles. The summed E-state index contributed by atoms with van der Waals surface area (Å²) in [5.41, 5.74) is 2.00. The summed E-state index contributed by atoms with van der Waals surface area (Å²) in [6, 6.07) is 8.22. The van der Waals surface area contributed by atoms with E-state index in [-0.39, 0.29) is 11.7 Å². The Morgan fingerprint density at radius 2 is 2.03 bits per heavy atom. The highest BCUT2D eigenvalue weighted by atomic mass is 19.1. The molecule has 30 heavy (non-hydrogen) atoms. The zero-order valence-corrected chi connectivity index (χ0v) is 16.0. The van der Waals surface area contributed by atoms with E-state index in [1.54, 1.807) is 28.9 Å². The lowest BCUT2D eigenvalue weighted by atomic mass is 10.0. The molecule has 1 aliphatic rings. The number of carbonyl (C=O) groups excluding carboxylic acids is 1. The number of pyridine rings is 1. The lowest BCUT2D eigenvalue weighted by Gasteiger charge is -2.26. The number of hydrogen-bond acceptors (Lipinski definition) is 6. The van der Waals surface area contributed by atoms with E-state index in [0.717, 1.165) is 18.6 Å². The number of hydrogen-bond donors (Lipinski definition) is 0. The molecule has 152 valence electrons. The molecular weight excluding hydrogens is 392 g/mol. The van der Waals surface area contributed by atoms with Crippen molar-refractivity contribution in [3.63, 3.8) is 0 Å². The monoisotopic (exact) mass is 409 g/mol. The summed E-state index contributed by atoms with van der Waals surface area (Å²) in [5, 5.41) is 4.42. The Hall–Kier alpha value is -3.62. The molecule has 7 nitrogen and oxygen atoms in total. The number of aromatic nitrogens is 4. The van der Waals surface area contributed by atoms with Crippen LogP contribution in [0, 0.1) is 11.6 Å². The van der Waals surface area contributed by atoms with Gasteiger partial charge in [0.05, 0.1) is 13.2 Å². The fourth-order valence-corrected chi connectivity index (χ4v) is 3.97. The molecule has 0 saturated carbocycles. The molecule has 0 radical (unpaired) electrons. The molecule has 0 unspecified atom stereocenters. The highest BCUT2D eigenvalue weighted by Gasteiger charge is 2.30. The number of esters is 1. The van der Waals surface area contributed by atoms with Gasteiger partial charge in [-0.1, -0.05) is 0 Å². The van der Waals surface area contributed by atoms with Gasteiger partial charge in [0.2, 0.25) is 0 Å². The van der Waals surface area contributed by atoms with Crippen LogP contribution in [-0.4, -0.2) is 39.2 Å². The standard InChI is InChI=1S/C21H17F2N5O2/c1-30-21(29)16-7-6-15-19(24-16)20-25-18(8-10-28(20)26-15)27-9-2-3-17(27)13-11-12(22)4-5-14(13)23/h4-8,10-11,17H,2-3,9H2,1H3/t17-/m1/s1. The Morgan fingerprint density at radius 3 is 2.87 bits per heavy atom. The van der Waals surface area contributed by atoms with Crippen LogP contribution in [0.5, 0.6) is 0 Å². The fraction of sp³-hybridized carbons (Fsp3) is 0.238. The van der Waals surface area contributed by atoms with E-state index in [9.17, 15) is 13.6 Å². The summed E-state index contributed by atoms with van der Waals surface area (Å²) in [7, 11) is 1.29. The van der Waals surface area contributed by atoms with Crippen molar-refractivity contribution >= 4 is 28.5 Å². The van der Waals surface area contributed by atoms with E-state index in [1.807, 2.05) is 4.90 Å². The topological polar surface area (TPSA) is 72.6 Å². The lowest BCUT2D eigenvalue weighted by molar-refractivity contribution is 0.0594. The average molecular weight is 409 g/mol. The van der Waals surface area contributed by atoms with Crippen LogP contribution >= 0.6 is 0 Å². The van der Waals surface area contributed by atoms with Crippen LogP contribution < -0.4 is 4.90 Å². The van der Waals surface area contributed by atoms with Gasteiger partial charge < -0.3 is 9.64 Å². The molecule has 3 aromatic heterocycles. The first-order valence-electron chi connectivity index (χ1n) is 9.51. The summed E-state index contributed by atoms with van der Waals surface area (Å²) in [5.74, 6) is -0.842. The third kappa shape index (κ3) is 2.94. The van der Waals surface area contributed by atoms with Gasteiger partial charge in [-0.3, -0.25) is 0 Å². The maximum Gasteiger partial charge on any atom is 0.356 e. The highest BCUT2D eigenvalue weighted by molar-refractivity contribution is 5.94. The predicted molar refractivity (Wildman–Crippen MR) is 105 cm³/mol. The minimum absolute atomic E-state index is 0.160. The number of fused-ring (bicyclic) bond motifs is 3. The van der Waals surface area contributed by atoms with Crippen LogP contribution in [0.25, 0.3) is 16.7 Å². The molecule has 1 aromatic carbocycles. The van der Waals surface area contributed by atoms with Crippen molar-refractivity contribution < 1.29 is 18.3 Å². The molecule has 1 saturated heterocycles. The minimum Gasteiger partial charge on any atom is -0.464 e. The molecule has 4 heterocycles. The number of methoxy groups -OCH3 is 1. The summed E-state index contributed by atoms with van der Waals surface area (Å²) < 4.78 is 34.5. The SMILES string of the molecule is COC(=O)c1ccc2nn3ccc(N4CCC[C@@H]4c4cc(F)ccc4F)nc3c2n1. The second-order valence-corrected chi connectivity index (χ2v) is 7.13. The smallest absolute Gasteiger partial charge is 0.356 e. The molecule has 1 atom stereocenters. The van der Waals surface area contributed by atoms with Gasteiger partial charge in [0.25, 0.3) is 0 Å². The van der Waals surface area contributed by atoms with E-state index in [4.69, 9.17) is 9.72 Å². The van der Waals surface area contributed by atoms with Gasteiger partial charge in [0, 0.05) is 18.3 Å². The van der Waals surface area contributed by atoms with Gasteiger partial charge in [-0.15, -0.1) is 0 Å². The Kier molecular flexibility index (Phi) is 4.30. The van der Waals surface area contributed by atoms with Crippen molar-refractivity contribution in [1.82, 2.24) is 19.6 Å². The number of rotatable bonds is 3. The summed E-state index contributed by atoms with van der Waals surface area (Å²) in [6.07, 6.45) is 3.27. The van der Waals surface area contributed by atoms with Gasteiger partial charge in [0.15, 0.2) is 5.65 Å². The van der Waals surface area contributed by atoms with Gasteiger partial charge in [0.1, 0.15) is 34.2 Å². The molecular formula is C21H17F2N5O2. The fourth-order valence-electron chi connectivity index (χ4n) is 3.97. The van der Waals surface area contributed by atoms with Gasteiger partial charge in [-0.25, -0.2) is 28.1 Å². The molecule has 1 aliphatic heterocycles. The zero-order chi connectivity index (χ0) is 20.8. The van der Waals surface area contributed by atoms with Crippen molar-refractivity contribution in [1.29, 1.82) is 0 Å². The molecule has 0 spiro atoms. The van der Waals surface area contributed by atoms with Crippen molar-refractivity contribution in [2.45, 2.75) is 18.9 Å². The number of anilines is 1. The number of nitrogens with zero attached hydrogens (tertiary/aromatic N) is 5. The van der Waals surface area contributed by atoms with Gasteiger partial charge in [-0.05, 0) is 49.2 Å². The van der Waals surface area contributed by atoms with Gasteiger partial charge in [-0.2, -0.15) is 5.10 Å². The number of benzene rings is 1. The molecule has 0 amide bonds. The second-order valence-electron chi connectivity index (χ2n) is 7.13. The average Bonchev–Trinajstić information content (AvgIpc) is 3.38. The minimum atomic E-state index is -0.548. The third-order valence-corrected chi connectivity index (χ3v) is 5.36. The van der Waals surface area contributed by atoms with Crippen molar-refractivity contribution in [2.75, 3.05) is 18.6 Å². The maximum atomic E-state index is 14.4. The maximum absolute atomic E-state index is 14.4. The van der Waals surface area contributed by atoms with E-state index in [2.05, 4.69) is 10.1 Å². The first kappa shape index (κ1) is 18.4. The quantitative estimate of drug-likeness (QED) is 0.481. The van der Waals surface area contributed by atoms with Crippen molar-refractivity contribution in [2.24, 2.45) is 0 Å². The van der Waals surface area contributed by atoms with Crippen molar-refractivity contribution in [3.8, 4) is 0 Å². The summed E-state index contributed by atoms with van der Waals surface area (Å²) in [4.78, 5) is 22.9. The van der Waals surface area contributed by atoms with Crippen molar-refractivity contribution in [3.05, 3.63) is 65.5 Å². The Labute approximate surface area is 169 Å². The van der Waals surface area contributed by atoms with Crippen LogP contribution in [0.1, 0.15) is 34.9 Å². The molecule has 1 fully saturated rings. The molecule has 0 N–H and O–H groups in total. The second kappa shape index (κ2) is 7.01. The largest absolute Gasteiger partial charge is 0.464 e. The van der Waals surface area contributed by atoms with E-state index in [0.29, 0.717) is 41.0 Å². The van der Waals surface area contributed by atoms with Gasteiger partial charge >= 0.3 is 5.97 Å². The van der Waals surface area contributed by atoms with E-state index >= 15 is 0 Å². The number of halogens is 2. The predicted octanol–water partition coefficient (Wildman–Crippen LogP) is 3.68. The van der Waals surface area contributed by atoms with Crippen LogP contribution in [0.4, 0.5) is 14.6 Å². The van der Waals surface area contributed by atoms with Crippen LogP contribution in [-0.2, 0) is 4.74 Å². The number of carbonyl (C=O) groups is 1. The van der Waals surface area contributed by atoms with Crippen LogP contribution in [0.15, 0.2) is 42.6 Å². The van der Waals surface area contributed by atoms with Crippen LogP contribution in [0.2, 0.25) is 0 Å². The Balaban J connectivity index is 1.60. The summed E-state index contributed by atoms with van der Waals surface area (Å²) >= 11 is 0. The molecule has 0 bridgehead atoms. The normalized spacial score (nSPS) is 16.5. The molecule has 5 rings (SSSR count). The Bertz CT molecular complexity index is 1290. The first-order chi connectivity index (χ1) is 14.5. The number of ether oxygens (including phenoxy) is 1. The molecule has 9 heteroatoms.